The number of hydrogen-bond donors (Lipinski definition) is 0. The lowest BCUT2D eigenvalue weighted by Crippen LogP contribution is -2.45. The summed E-state index contributed by atoms with van der Waals surface area (Å²) >= 11 is 1.98. The average molecular weight is 503 g/mol. The topological polar surface area (TPSA) is 0 Å². The van der Waals surface area contributed by atoms with Gasteiger partial charge in [0, 0.05) is 9.23 Å². The van der Waals surface area contributed by atoms with Crippen molar-refractivity contribution in [3.05, 3.63) is 94.3 Å². The largest absolute Gasteiger partial charge is 0.136 e. The van der Waals surface area contributed by atoms with Gasteiger partial charge in [-0.3, -0.25) is 0 Å². The molecule has 0 N–H and O–H groups in total. The molecule has 1 aromatic carbocycles. The Balaban J connectivity index is 1.06. The predicted octanol–water partition coefficient (Wildman–Crippen LogP) is 7.97. The zero-order valence-electron chi connectivity index (χ0n) is 21.7. The molecular formula is C36H38S. The predicted molar refractivity (Wildman–Crippen MR) is 158 cm³/mol. The second-order valence-corrected chi connectivity index (χ2v) is 13.7. The Labute approximate surface area is 225 Å². The van der Waals surface area contributed by atoms with Crippen LogP contribution in [0, 0.1) is 53.3 Å². The van der Waals surface area contributed by atoms with Gasteiger partial charge in [0.05, 0.1) is 0 Å². The van der Waals surface area contributed by atoms with Crippen molar-refractivity contribution in [1.29, 1.82) is 0 Å². The van der Waals surface area contributed by atoms with Crippen molar-refractivity contribution >= 4 is 33.6 Å². The van der Waals surface area contributed by atoms with Crippen molar-refractivity contribution in [1.82, 2.24) is 0 Å². The normalized spacial score (nSPS) is 39.6. The van der Waals surface area contributed by atoms with Crippen molar-refractivity contribution in [2.45, 2.75) is 44.9 Å². The van der Waals surface area contributed by atoms with E-state index in [0.29, 0.717) is 17.8 Å². The van der Waals surface area contributed by atoms with Crippen LogP contribution in [0.2, 0.25) is 0 Å². The molecule has 1 aromatic heterocycles. The summed E-state index contributed by atoms with van der Waals surface area (Å²) < 4.78 is 2.96. The third-order valence-electron chi connectivity index (χ3n) is 11.0. The fraction of sp³-hybridized carbons (Fsp3) is 0.444. The van der Waals surface area contributed by atoms with E-state index in [1.165, 1.54) is 64.8 Å². The van der Waals surface area contributed by atoms with E-state index in [1.807, 2.05) is 16.9 Å². The van der Waals surface area contributed by atoms with E-state index >= 15 is 0 Å². The maximum Gasteiger partial charge on any atom is 0.0355 e. The molecule has 0 bridgehead atoms. The van der Waals surface area contributed by atoms with E-state index < -0.39 is 0 Å². The van der Waals surface area contributed by atoms with Gasteiger partial charge in [-0.1, -0.05) is 97.0 Å². The molecule has 2 fully saturated rings. The molecule has 6 aliphatic rings. The van der Waals surface area contributed by atoms with E-state index in [9.17, 15) is 0 Å². The Bertz CT molecular complexity index is 1470. The van der Waals surface area contributed by atoms with E-state index in [4.69, 9.17) is 0 Å². The van der Waals surface area contributed by atoms with Crippen molar-refractivity contribution in [3.63, 3.8) is 0 Å². The van der Waals surface area contributed by atoms with E-state index in [-0.39, 0.29) is 0 Å². The van der Waals surface area contributed by atoms with Crippen molar-refractivity contribution < 1.29 is 0 Å². The quantitative estimate of drug-likeness (QED) is 0.365. The monoisotopic (exact) mass is 502 g/mol. The van der Waals surface area contributed by atoms with Gasteiger partial charge in [-0.05, 0) is 108 Å². The molecule has 9 unspecified atom stereocenters. The molecule has 0 spiro atoms. The molecule has 9 atom stereocenters. The van der Waals surface area contributed by atoms with Crippen LogP contribution >= 0.6 is 11.3 Å². The third-order valence-corrected chi connectivity index (χ3v) is 12.1. The van der Waals surface area contributed by atoms with Crippen LogP contribution in [0.15, 0.2) is 84.5 Å². The van der Waals surface area contributed by atoms with Crippen LogP contribution in [0.1, 0.15) is 44.9 Å². The van der Waals surface area contributed by atoms with Gasteiger partial charge in [0.15, 0.2) is 0 Å². The summed E-state index contributed by atoms with van der Waals surface area (Å²) in [5, 5.41) is 3.01. The van der Waals surface area contributed by atoms with Crippen molar-refractivity contribution in [2.24, 2.45) is 53.3 Å². The highest BCUT2D eigenvalue weighted by Gasteiger charge is 2.48. The minimum absolute atomic E-state index is 0.675. The molecule has 2 saturated carbocycles. The zero-order valence-corrected chi connectivity index (χ0v) is 22.5. The first kappa shape index (κ1) is 22.6. The fourth-order valence-electron chi connectivity index (χ4n) is 9.25. The highest BCUT2D eigenvalue weighted by molar-refractivity contribution is 7.17. The molecule has 0 radical (unpaired) electrons. The fourth-order valence-corrected chi connectivity index (χ4v) is 10.4. The molecular weight excluding hydrogens is 464 g/mol. The highest BCUT2D eigenvalue weighted by Crippen LogP contribution is 2.55. The van der Waals surface area contributed by atoms with Crippen LogP contribution < -0.4 is 9.75 Å². The van der Waals surface area contributed by atoms with Gasteiger partial charge >= 0.3 is 0 Å². The first-order chi connectivity index (χ1) is 18.3. The van der Waals surface area contributed by atoms with Gasteiger partial charge in [-0.25, -0.2) is 0 Å². The smallest absolute Gasteiger partial charge is 0.0355 e. The van der Waals surface area contributed by atoms with Gasteiger partial charge < -0.3 is 0 Å². The molecule has 8 rings (SSSR count). The number of thiophene rings is 1. The first-order valence-corrected chi connectivity index (χ1v) is 15.8. The lowest BCUT2D eigenvalue weighted by molar-refractivity contribution is 0.0773. The zero-order chi connectivity index (χ0) is 24.3. The Morgan fingerprint density at radius 2 is 1.49 bits per heavy atom. The Morgan fingerprint density at radius 3 is 2.35 bits per heavy atom. The van der Waals surface area contributed by atoms with Crippen LogP contribution in [0.4, 0.5) is 0 Å². The number of fused-ring (bicyclic) bond motifs is 9. The molecule has 0 saturated heterocycles. The molecule has 2 aromatic rings. The SMILES string of the molecule is C1=CC2C3C=CC=CC3C3CCC(C4CCCC(C5C=c6c(sc7ccccc67)=CC5)C4)=CC3C2C=C1. The van der Waals surface area contributed by atoms with Gasteiger partial charge in [-0.15, -0.1) is 11.3 Å². The first-order valence-electron chi connectivity index (χ1n) is 14.9. The molecule has 0 amide bonds. The summed E-state index contributed by atoms with van der Waals surface area (Å²) in [6.45, 7) is 0. The van der Waals surface area contributed by atoms with Gasteiger partial charge in [-0.2, -0.15) is 0 Å². The van der Waals surface area contributed by atoms with Crippen LogP contribution in [0.25, 0.3) is 22.2 Å². The maximum atomic E-state index is 2.84. The van der Waals surface area contributed by atoms with Crippen LogP contribution in [0.5, 0.6) is 0 Å². The average Bonchev–Trinajstić information content (AvgIpc) is 3.35. The highest BCUT2D eigenvalue weighted by atomic mass is 32.1. The summed E-state index contributed by atoms with van der Waals surface area (Å²) in [5.74, 6) is 6.70. The molecule has 0 aliphatic heterocycles. The summed E-state index contributed by atoms with van der Waals surface area (Å²) in [6, 6.07) is 9.02. The molecule has 37 heavy (non-hydrogen) atoms. The molecule has 188 valence electrons. The summed E-state index contributed by atoms with van der Waals surface area (Å²) in [7, 11) is 0. The van der Waals surface area contributed by atoms with Gasteiger partial charge in [0.2, 0.25) is 0 Å². The minimum Gasteiger partial charge on any atom is -0.136 e. The lowest BCUT2D eigenvalue weighted by atomic mass is 9.52. The Kier molecular flexibility index (Phi) is 5.57. The van der Waals surface area contributed by atoms with E-state index in [2.05, 4.69) is 91.1 Å². The molecule has 1 heterocycles. The minimum atomic E-state index is 0.675. The number of benzene rings is 1. The Hall–Kier alpha value is -2.38. The van der Waals surface area contributed by atoms with E-state index in [1.54, 1.807) is 0 Å². The standard InChI is InChI=1S/C36H38S/c1-2-12-29-27(10-1)28-11-3-4-13-30(28)33-21-25(16-18-31(29)33)23-8-7-9-24(20-23)26-17-19-36-34(22-26)32-14-5-6-15-35(32)37-36/h1-6,10-15,19,21-24,26-31,33H,7-9,16-18,20H2. The molecule has 1 heteroatoms. The van der Waals surface area contributed by atoms with Gasteiger partial charge in [0.25, 0.3) is 0 Å². The third kappa shape index (κ3) is 3.75. The molecule has 6 aliphatic carbocycles. The Morgan fingerprint density at radius 1 is 0.730 bits per heavy atom. The van der Waals surface area contributed by atoms with Gasteiger partial charge in [0.1, 0.15) is 0 Å². The van der Waals surface area contributed by atoms with Crippen molar-refractivity contribution in [3.8, 4) is 0 Å². The van der Waals surface area contributed by atoms with Crippen LogP contribution in [-0.2, 0) is 0 Å². The second-order valence-electron chi connectivity index (χ2n) is 12.6. The van der Waals surface area contributed by atoms with Crippen LogP contribution in [-0.4, -0.2) is 0 Å². The summed E-state index contributed by atoms with van der Waals surface area (Å²) in [4.78, 5) is 0. The summed E-state index contributed by atoms with van der Waals surface area (Å²) in [5.41, 5.74) is 1.84. The number of hydrogen-bond acceptors (Lipinski definition) is 1. The summed E-state index contributed by atoms with van der Waals surface area (Å²) in [6.07, 6.45) is 37.1. The molecule has 0 nitrogen and oxygen atoms in total. The number of rotatable bonds is 2. The van der Waals surface area contributed by atoms with Crippen LogP contribution in [0.3, 0.4) is 0 Å². The second kappa shape index (κ2) is 9.12. The lowest BCUT2D eigenvalue weighted by Gasteiger charge is -2.52. The maximum absolute atomic E-state index is 2.84. The van der Waals surface area contributed by atoms with E-state index in [0.717, 1.165) is 35.5 Å². The number of allylic oxidation sites excluding steroid dienone is 10. The van der Waals surface area contributed by atoms with Crippen molar-refractivity contribution in [2.75, 3.05) is 0 Å².